The first-order valence-corrected chi connectivity index (χ1v) is 7.82. The van der Waals surface area contributed by atoms with Gasteiger partial charge >= 0.3 is 0 Å². The molecule has 0 saturated carbocycles. The van der Waals surface area contributed by atoms with E-state index >= 15 is 0 Å². The molecule has 0 aliphatic rings. The van der Waals surface area contributed by atoms with Crippen LogP contribution in [0.25, 0.3) is 0 Å². The zero-order chi connectivity index (χ0) is 19.1. The monoisotopic (exact) mass is 357 g/mol. The van der Waals surface area contributed by atoms with Crippen LogP contribution in [0.4, 0.5) is 5.69 Å². The van der Waals surface area contributed by atoms with E-state index in [4.69, 9.17) is 4.74 Å². The van der Waals surface area contributed by atoms with Crippen molar-refractivity contribution in [1.82, 2.24) is 10.2 Å². The second-order valence-corrected chi connectivity index (χ2v) is 5.67. The van der Waals surface area contributed by atoms with Crippen molar-refractivity contribution in [3.63, 3.8) is 0 Å². The fourth-order valence-electron chi connectivity index (χ4n) is 2.12. The molecular formula is C18H19N3O5. The van der Waals surface area contributed by atoms with Crippen molar-refractivity contribution < 1.29 is 19.2 Å². The molecule has 2 aromatic rings. The normalized spacial score (nSPS) is 10.1. The highest BCUT2D eigenvalue weighted by atomic mass is 16.6. The highest BCUT2D eigenvalue weighted by Crippen LogP contribution is 2.18. The van der Waals surface area contributed by atoms with Crippen molar-refractivity contribution in [2.75, 3.05) is 20.7 Å². The minimum Gasteiger partial charge on any atom is -0.484 e. The summed E-state index contributed by atoms with van der Waals surface area (Å²) in [6, 6.07) is 12.6. The number of likely N-dealkylation sites (N-methyl/N-ethyl adjacent to an activating group) is 1. The number of rotatable bonds is 7. The largest absolute Gasteiger partial charge is 0.484 e. The number of nitro groups is 1. The minimum atomic E-state index is -0.488. The van der Waals surface area contributed by atoms with Gasteiger partial charge < -0.3 is 15.0 Å². The van der Waals surface area contributed by atoms with Crippen LogP contribution in [0.3, 0.4) is 0 Å². The van der Waals surface area contributed by atoms with E-state index in [0.29, 0.717) is 16.9 Å². The van der Waals surface area contributed by atoms with Gasteiger partial charge in [0.1, 0.15) is 5.75 Å². The van der Waals surface area contributed by atoms with Crippen molar-refractivity contribution in [1.29, 1.82) is 0 Å². The maximum Gasteiger partial charge on any atom is 0.274 e. The molecule has 8 heteroatoms. The number of hydrogen-bond donors (Lipinski definition) is 1. The van der Waals surface area contributed by atoms with E-state index in [1.165, 1.54) is 17.0 Å². The number of benzene rings is 2. The van der Waals surface area contributed by atoms with Gasteiger partial charge in [0.2, 0.25) is 0 Å². The molecule has 0 aromatic heterocycles. The van der Waals surface area contributed by atoms with Crippen LogP contribution in [-0.2, 0) is 11.3 Å². The predicted octanol–water partition coefficient (Wildman–Crippen LogP) is 1.99. The Labute approximate surface area is 150 Å². The Morgan fingerprint density at radius 1 is 1.15 bits per heavy atom. The standard InChI is InChI=1S/C18H19N3O5/c1-20(2)17(22)12-26-15-8-5-7-13(10-15)18(23)19-11-14-6-3-4-9-16(14)21(24)25/h3-10H,11-12H2,1-2H3,(H,19,23). The molecule has 0 saturated heterocycles. The maximum absolute atomic E-state index is 12.3. The minimum absolute atomic E-state index is 0.0280. The lowest BCUT2D eigenvalue weighted by molar-refractivity contribution is -0.385. The van der Waals surface area contributed by atoms with Crippen LogP contribution in [0.1, 0.15) is 15.9 Å². The summed E-state index contributed by atoms with van der Waals surface area (Å²) in [5.41, 5.74) is 0.695. The number of nitrogens with zero attached hydrogens (tertiary/aromatic N) is 2. The summed E-state index contributed by atoms with van der Waals surface area (Å²) >= 11 is 0. The smallest absolute Gasteiger partial charge is 0.274 e. The van der Waals surface area contributed by atoms with Gasteiger partial charge in [-0.3, -0.25) is 19.7 Å². The fraction of sp³-hybridized carbons (Fsp3) is 0.222. The van der Waals surface area contributed by atoms with Crippen LogP contribution in [0, 0.1) is 10.1 Å². The van der Waals surface area contributed by atoms with Gasteiger partial charge in [-0.05, 0) is 18.2 Å². The van der Waals surface area contributed by atoms with Gasteiger partial charge in [0.05, 0.1) is 4.92 Å². The summed E-state index contributed by atoms with van der Waals surface area (Å²) in [7, 11) is 3.25. The van der Waals surface area contributed by atoms with Crippen molar-refractivity contribution in [2.45, 2.75) is 6.54 Å². The summed E-state index contributed by atoms with van der Waals surface area (Å²) in [6.45, 7) is -0.103. The molecule has 1 N–H and O–H groups in total. The molecule has 26 heavy (non-hydrogen) atoms. The van der Waals surface area contributed by atoms with Crippen molar-refractivity contribution in [3.8, 4) is 5.75 Å². The molecule has 2 aromatic carbocycles. The first-order chi connectivity index (χ1) is 12.4. The Kier molecular flexibility index (Phi) is 6.26. The molecule has 0 radical (unpaired) electrons. The number of nitro benzene ring substituents is 1. The second-order valence-electron chi connectivity index (χ2n) is 5.67. The molecule has 8 nitrogen and oxygen atoms in total. The van der Waals surface area contributed by atoms with Crippen molar-refractivity contribution >= 4 is 17.5 Å². The Balaban J connectivity index is 2.01. The molecule has 136 valence electrons. The van der Waals surface area contributed by atoms with Crippen LogP contribution in [0.15, 0.2) is 48.5 Å². The zero-order valence-corrected chi connectivity index (χ0v) is 14.5. The molecule has 0 unspecified atom stereocenters. The van der Waals surface area contributed by atoms with Crippen LogP contribution < -0.4 is 10.1 Å². The van der Waals surface area contributed by atoms with Crippen LogP contribution in [0.5, 0.6) is 5.75 Å². The third kappa shape index (κ3) is 5.04. The van der Waals surface area contributed by atoms with E-state index in [-0.39, 0.29) is 24.7 Å². The molecule has 2 amide bonds. The van der Waals surface area contributed by atoms with Gasteiger partial charge in [0, 0.05) is 37.8 Å². The molecule has 0 bridgehead atoms. The molecule has 2 rings (SSSR count). The quantitative estimate of drug-likeness (QED) is 0.603. The number of ether oxygens (including phenoxy) is 1. The number of carbonyl (C=O) groups is 2. The third-order valence-corrected chi connectivity index (χ3v) is 3.59. The average molecular weight is 357 g/mol. The molecule has 0 aliphatic heterocycles. The van der Waals surface area contributed by atoms with E-state index in [9.17, 15) is 19.7 Å². The van der Waals surface area contributed by atoms with Crippen LogP contribution in [-0.4, -0.2) is 42.3 Å². The molecular weight excluding hydrogens is 338 g/mol. The van der Waals surface area contributed by atoms with E-state index in [1.807, 2.05) is 0 Å². The summed E-state index contributed by atoms with van der Waals surface area (Å²) in [6.07, 6.45) is 0. The third-order valence-electron chi connectivity index (χ3n) is 3.59. The first-order valence-electron chi connectivity index (χ1n) is 7.82. The Morgan fingerprint density at radius 3 is 2.58 bits per heavy atom. The molecule has 0 aliphatic carbocycles. The summed E-state index contributed by atoms with van der Waals surface area (Å²) < 4.78 is 5.37. The van der Waals surface area contributed by atoms with E-state index in [1.54, 1.807) is 50.5 Å². The summed E-state index contributed by atoms with van der Waals surface area (Å²) in [5, 5.41) is 13.6. The van der Waals surface area contributed by atoms with Crippen LogP contribution in [0.2, 0.25) is 0 Å². The van der Waals surface area contributed by atoms with Crippen molar-refractivity contribution in [3.05, 3.63) is 69.8 Å². The number of amides is 2. The van der Waals surface area contributed by atoms with Gasteiger partial charge in [-0.25, -0.2) is 0 Å². The topological polar surface area (TPSA) is 102 Å². The van der Waals surface area contributed by atoms with Gasteiger partial charge in [-0.2, -0.15) is 0 Å². The highest BCUT2D eigenvalue weighted by molar-refractivity contribution is 5.94. The molecule has 0 spiro atoms. The van der Waals surface area contributed by atoms with E-state index in [2.05, 4.69) is 5.32 Å². The Hall–Kier alpha value is -3.42. The predicted molar refractivity (Wildman–Crippen MR) is 94.9 cm³/mol. The number of para-hydroxylation sites is 1. The fourth-order valence-corrected chi connectivity index (χ4v) is 2.12. The van der Waals surface area contributed by atoms with Gasteiger partial charge in [0.15, 0.2) is 6.61 Å². The lowest BCUT2D eigenvalue weighted by Crippen LogP contribution is -2.27. The molecule has 0 fully saturated rings. The average Bonchev–Trinajstić information content (AvgIpc) is 2.64. The zero-order valence-electron chi connectivity index (χ0n) is 14.5. The Morgan fingerprint density at radius 2 is 1.88 bits per heavy atom. The van der Waals surface area contributed by atoms with Crippen LogP contribution >= 0.6 is 0 Å². The second kappa shape index (κ2) is 8.61. The summed E-state index contributed by atoms with van der Waals surface area (Å²) in [4.78, 5) is 35.8. The SMILES string of the molecule is CN(C)C(=O)COc1cccc(C(=O)NCc2ccccc2[N+](=O)[O-])c1. The highest BCUT2D eigenvalue weighted by Gasteiger charge is 2.14. The molecule has 0 atom stereocenters. The number of nitrogens with one attached hydrogen (secondary N) is 1. The maximum atomic E-state index is 12.3. The summed E-state index contributed by atoms with van der Waals surface area (Å²) in [5.74, 6) is -0.206. The Bertz CT molecular complexity index is 820. The lowest BCUT2D eigenvalue weighted by Gasteiger charge is -2.12. The number of carbonyl (C=O) groups excluding carboxylic acids is 2. The lowest BCUT2D eigenvalue weighted by atomic mass is 10.1. The van der Waals surface area contributed by atoms with E-state index < -0.39 is 10.8 Å². The van der Waals surface area contributed by atoms with Gasteiger partial charge in [-0.1, -0.05) is 24.3 Å². The first kappa shape index (κ1) is 18.9. The number of hydrogen-bond acceptors (Lipinski definition) is 5. The van der Waals surface area contributed by atoms with Gasteiger partial charge in [0.25, 0.3) is 17.5 Å². The van der Waals surface area contributed by atoms with Crippen molar-refractivity contribution in [2.24, 2.45) is 0 Å². The molecule has 0 heterocycles. The van der Waals surface area contributed by atoms with E-state index in [0.717, 1.165) is 0 Å². The van der Waals surface area contributed by atoms with Gasteiger partial charge in [-0.15, -0.1) is 0 Å².